The van der Waals surface area contributed by atoms with Crippen LogP contribution in [-0.4, -0.2) is 44.5 Å². The van der Waals surface area contributed by atoms with Gasteiger partial charge in [0.05, 0.1) is 6.10 Å². The van der Waals surface area contributed by atoms with E-state index < -0.39 is 19.7 Å². The summed E-state index contributed by atoms with van der Waals surface area (Å²) in [5.41, 5.74) is 1.05. The number of hydrogen-bond donors (Lipinski definition) is 0. The molecule has 0 unspecified atom stereocenters. The second kappa shape index (κ2) is 5.16. The summed E-state index contributed by atoms with van der Waals surface area (Å²) >= 11 is 0. The normalized spacial score (nSPS) is 35.8. The van der Waals surface area contributed by atoms with Crippen molar-refractivity contribution in [2.75, 3.05) is 6.61 Å². The largest absolute Gasteiger partial charge is 0.458 e. The van der Waals surface area contributed by atoms with Crippen LogP contribution in [-0.2, 0) is 23.4 Å². The van der Waals surface area contributed by atoms with Gasteiger partial charge >= 0.3 is 5.97 Å². The van der Waals surface area contributed by atoms with Gasteiger partial charge in [-0.2, -0.15) is 0 Å². The van der Waals surface area contributed by atoms with Crippen LogP contribution in [0.1, 0.15) is 48.0 Å². The molecule has 0 saturated carbocycles. The van der Waals surface area contributed by atoms with E-state index in [1.807, 2.05) is 13.8 Å². The van der Waals surface area contributed by atoms with Crippen LogP contribution in [0.15, 0.2) is 11.1 Å². The smallest absolute Gasteiger partial charge is 0.334 e. The molecule has 1 fully saturated rings. The van der Waals surface area contributed by atoms with Gasteiger partial charge in [-0.15, -0.1) is 0 Å². The zero-order chi connectivity index (χ0) is 18.1. The average molecular weight is 355 g/mol. The summed E-state index contributed by atoms with van der Waals surface area (Å²) in [5, 5.41) is 0.0820. The van der Waals surface area contributed by atoms with Gasteiger partial charge in [-0.05, 0) is 38.9 Å². The van der Waals surface area contributed by atoms with Crippen molar-refractivity contribution in [3.8, 4) is 0 Å². The number of ether oxygens (including phenoxy) is 3. The molecule has 0 aromatic rings. The van der Waals surface area contributed by atoms with Crippen molar-refractivity contribution in [3.05, 3.63) is 11.1 Å². The number of carbonyl (C=O) groups is 1. The van der Waals surface area contributed by atoms with E-state index in [-0.39, 0.29) is 23.2 Å². The summed E-state index contributed by atoms with van der Waals surface area (Å²) in [7, 11) is -2.02. The van der Waals surface area contributed by atoms with Gasteiger partial charge in [0.1, 0.15) is 18.3 Å². The van der Waals surface area contributed by atoms with Gasteiger partial charge in [0.25, 0.3) is 0 Å². The van der Waals surface area contributed by atoms with Crippen molar-refractivity contribution in [1.29, 1.82) is 0 Å². The highest BCUT2D eigenvalue weighted by molar-refractivity contribution is 6.74. The third-order valence-electron chi connectivity index (χ3n) is 5.97. The standard InChI is InChI=1S/C18H30O5Si/c1-16(2,3)24(7,8)22-13-9-11-12(10-20-15(11)19)14-18(13,6)23-17(4,5)21-14/h13-14H,9-10H2,1-8H3/t13-,14-,18+/m1/s1. The van der Waals surface area contributed by atoms with Crippen molar-refractivity contribution < 1.29 is 23.4 Å². The maximum absolute atomic E-state index is 12.2. The molecule has 0 aromatic carbocycles. The predicted molar refractivity (Wildman–Crippen MR) is 93.1 cm³/mol. The molecule has 3 atom stereocenters. The molecule has 0 bridgehead atoms. The Morgan fingerprint density at radius 3 is 2.42 bits per heavy atom. The monoisotopic (exact) mass is 354 g/mol. The zero-order valence-corrected chi connectivity index (χ0v) is 17.1. The summed E-state index contributed by atoms with van der Waals surface area (Å²) < 4.78 is 24.5. The van der Waals surface area contributed by atoms with Crippen LogP contribution in [0.25, 0.3) is 0 Å². The Bertz CT molecular complexity index is 601. The molecule has 0 amide bonds. The van der Waals surface area contributed by atoms with E-state index in [1.165, 1.54) is 0 Å². The quantitative estimate of drug-likeness (QED) is 0.561. The number of hydrogen-bond acceptors (Lipinski definition) is 5. The van der Waals surface area contributed by atoms with Crippen molar-refractivity contribution in [2.24, 2.45) is 0 Å². The van der Waals surface area contributed by atoms with Crippen LogP contribution in [0.5, 0.6) is 0 Å². The topological polar surface area (TPSA) is 54.0 Å². The fourth-order valence-electron chi connectivity index (χ4n) is 3.64. The third kappa shape index (κ3) is 2.68. The molecule has 0 aromatic heterocycles. The minimum absolute atomic E-state index is 0.0820. The van der Waals surface area contributed by atoms with E-state index in [0.717, 1.165) is 11.1 Å². The Balaban J connectivity index is 2.00. The molecule has 2 heterocycles. The molecule has 1 saturated heterocycles. The first kappa shape index (κ1) is 18.1. The molecule has 136 valence electrons. The Kier molecular flexibility index (Phi) is 3.89. The predicted octanol–water partition coefficient (Wildman–Crippen LogP) is 3.54. The molecule has 3 aliphatic rings. The maximum atomic E-state index is 12.2. The molecule has 24 heavy (non-hydrogen) atoms. The highest BCUT2D eigenvalue weighted by Crippen LogP contribution is 2.51. The van der Waals surface area contributed by atoms with Crippen molar-refractivity contribution >= 4 is 14.3 Å². The molecule has 0 spiro atoms. The molecule has 3 rings (SSSR count). The number of cyclic esters (lactones) is 1. The fourth-order valence-corrected chi connectivity index (χ4v) is 5.02. The Morgan fingerprint density at radius 2 is 1.83 bits per heavy atom. The SMILES string of the molecule is CC1(C)O[C@@H]2C3=C(C[C@@H](O[Si](C)(C)C(C)(C)C)[C@]2(C)O1)C(=O)OC3. The molecular weight excluding hydrogens is 324 g/mol. The lowest BCUT2D eigenvalue weighted by Gasteiger charge is -2.46. The van der Waals surface area contributed by atoms with E-state index in [1.54, 1.807) is 0 Å². The fraction of sp³-hybridized carbons (Fsp3) is 0.833. The molecular formula is C18H30O5Si. The number of fused-ring (bicyclic) bond motifs is 2. The summed E-state index contributed by atoms with van der Waals surface area (Å²) in [6.07, 6.45) is 0.0275. The number of carbonyl (C=O) groups excluding carboxylic acids is 1. The maximum Gasteiger partial charge on any atom is 0.334 e. The number of rotatable bonds is 2. The number of esters is 1. The van der Waals surface area contributed by atoms with Crippen molar-refractivity contribution in [2.45, 2.75) is 89.7 Å². The second-order valence-electron chi connectivity index (χ2n) is 9.33. The van der Waals surface area contributed by atoms with Gasteiger partial charge in [-0.3, -0.25) is 0 Å². The molecule has 0 N–H and O–H groups in total. The van der Waals surface area contributed by atoms with Gasteiger partial charge in [-0.25, -0.2) is 4.79 Å². The Hall–Kier alpha value is -0.693. The van der Waals surface area contributed by atoms with Crippen LogP contribution in [0.3, 0.4) is 0 Å². The molecule has 2 aliphatic heterocycles. The molecule has 0 radical (unpaired) electrons. The van der Waals surface area contributed by atoms with E-state index in [0.29, 0.717) is 13.0 Å². The summed E-state index contributed by atoms with van der Waals surface area (Å²) in [6.45, 7) is 17.3. The van der Waals surface area contributed by atoms with E-state index in [9.17, 15) is 4.79 Å². The van der Waals surface area contributed by atoms with Crippen LogP contribution < -0.4 is 0 Å². The van der Waals surface area contributed by atoms with Gasteiger partial charge in [0.2, 0.25) is 0 Å². The van der Waals surface area contributed by atoms with Crippen LogP contribution in [0.2, 0.25) is 18.1 Å². The first-order valence-corrected chi connectivity index (χ1v) is 11.6. The minimum Gasteiger partial charge on any atom is -0.458 e. The molecule has 1 aliphatic carbocycles. The van der Waals surface area contributed by atoms with E-state index in [4.69, 9.17) is 18.6 Å². The lowest BCUT2D eigenvalue weighted by molar-refractivity contribution is -0.176. The van der Waals surface area contributed by atoms with Gasteiger partial charge in [-0.1, -0.05) is 20.8 Å². The van der Waals surface area contributed by atoms with Crippen LogP contribution >= 0.6 is 0 Å². The summed E-state index contributed by atoms with van der Waals surface area (Å²) in [5.74, 6) is -0.938. The third-order valence-corrected chi connectivity index (χ3v) is 10.5. The van der Waals surface area contributed by atoms with E-state index >= 15 is 0 Å². The minimum atomic E-state index is -2.02. The lowest BCUT2D eigenvalue weighted by atomic mass is 9.78. The van der Waals surface area contributed by atoms with Crippen molar-refractivity contribution in [1.82, 2.24) is 0 Å². The van der Waals surface area contributed by atoms with E-state index in [2.05, 4.69) is 40.8 Å². The molecule has 6 heteroatoms. The highest BCUT2D eigenvalue weighted by Gasteiger charge is 2.62. The van der Waals surface area contributed by atoms with Crippen molar-refractivity contribution in [3.63, 3.8) is 0 Å². The van der Waals surface area contributed by atoms with Crippen LogP contribution in [0, 0.1) is 0 Å². The second-order valence-corrected chi connectivity index (χ2v) is 14.1. The lowest BCUT2D eigenvalue weighted by Crippen LogP contribution is -2.58. The Morgan fingerprint density at radius 1 is 1.21 bits per heavy atom. The highest BCUT2D eigenvalue weighted by atomic mass is 28.4. The van der Waals surface area contributed by atoms with Gasteiger partial charge in [0, 0.05) is 17.6 Å². The van der Waals surface area contributed by atoms with Crippen LogP contribution in [0.4, 0.5) is 0 Å². The molecule has 5 nitrogen and oxygen atoms in total. The van der Waals surface area contributed by atoms with Gasteiger partial charge in [0.15, 0.2) is 14.1 Å². The average Bonchev–Trinajstić information content (AvgIpc) is 2.86. The summed E-state index contributed by atoms with van der Waals surface area (Å²) in [4.78, 5) is 12.2. The first-order chi connectivity index (χ1) is 10.8. The first-order valence-electron chi connectivity index (χ1n) is 8.72. The zero-order valence-electron chi connectivity index (χ0n) is 16.1. The van der Waals surface area contributed by atoms with Gasteiger partial charge < -0.3 is 18.6 Å². The summed E-state index contributed by atoms with van der Waals surface area (Å²) in [6, 6.07) is 0. The Labute approximate surface area is 145 Å².